The van der Waals surface area contributed by atoms with Gasteiger partial charge in [0.1, 0.15) is 0 Å². The predicted molar refractivity (Wildman–Crippen MR) is 56.0 cm³/mol. The average molecular weight is 167 g/mol. The molecule has 0 heteroatoms. The molecule has 0 saturated heterocycles. The van der Waals surface area contributed by atoms with Gasteiger partial charge in [0, 0.05) is 18.2 Å². The molecule has 62 valence electrons. The molecule has 1 aromatic carbocycles. The van der Waals surface area contributed by atoms with Gasteiger partial charge in [0.2, 0.25) is 0 Å². The Bertz CT molecular complexity index is 353. The highest BCUT2D eigenvalue weighted by molar-refractivity contribution is 5.73. The minimum atomic E-state index is 0.900. The van der Waals surface area contributed by atoms with E-state index in [9.17, 15) is 0 Å². The lowest BCUT2D eigenvalue weighted by Crippen LogP contribution is -1.78. The zero-order valence-electron chi connectivity index (χ0n) is 7.40. The van der Waals surface area contributed by atoms with Crippen molar-refractivity contribution in [3.63, 3.8) is 0 Å². The molecule has 0 atom stereocenters. The lowest BCUT2D eigenvalue weighted by Gasteiger charge is -1.89. The molecule has 0 bridgehead atoms. The minimum absolute atomic E-state index is 0.900. The topological polar surface area (TPSA) is 0 Å². The molecule has 0 amide bonds. The molecule has 0 spiro atoms. The van der Waals surface area contributed by atoms with Gasteiger partial charge in [-0.1, -0.05) is 18.2 Å². The first-order chi connectivity index (χ1) is 6.47. The molecule has 13 heavy (non-hydrogen) atoms. The van der Waals surface area contributed by atoms with Gasteiger partial charge in [-0.3, -0.25) is 0 Å². The van der Waals surface area contributed by atoms with Crippen LogP contribution in [-0.2, 0) is 0 Å². The maximum atomic E-state index is 3.34. The van der Waals surface area contributed by atoms with Crippen LogP contribution in [0.15, 0.2) is 54.6 Å². The Morgan fingerprint density at radius 3 is 2.69 bits per heavy atom. The molecule has 0 radical (unpaired) electrons. The smallest absolute Gasteiger partial charge is 0.0599 e. The first-order valence-electron chi connectivity index (χ1n) is 4.46. The van der Waals surface area contributed by atoms with Crippen LogP contribution < -0.4 is 0 Å². The van der Waals surface area contributed by atoms with Crippen molar-refractivity contribution < 1.29 is 0 Å². The first-order valence-corrected chi connectivity index (χ1v) is 4.46. The fraction of sp³-hybridized carbons (Fsp3) is 0.0769. The van der Waals surface area contributed by atoms with Gasteiger partial charge in [0.15, 0.2) is 5.57 Å². The second kappa shape index (κ2) is 3.84. The number of hydrogen-bond donors (Lipinski definition) is 0. The van der Waals surface area contributed by atoms with Crippen LogP contribution in [0.4, 0.5) is 0 Å². The van der Waals surface area contributed by atoms with Gasteiger partial charge in [-0.05, 0) is 18.2 Å². The second-order valence-electron chi connectivity index (χ2n) is 2.95. The predicted octanol–water partition coefficient (Wildman–Crippen LogP) is 3.39. The second-order valence-corrected chi connectivity index (χ2v) is 2.95. The summed E-state index contributed by atoms with van der Waals surface area (Å²) in [5.74, 6) is 0. The van der Waals surface area contributed by atoms with Crippen molar-refractivity contribution in [2.45, 2.75) is 6.42 Å². The van der Waals surface area contributed by atoms with E-state index in [1.807, 2.05) is 6.07 Å². The highest BCUT2D eigenvalue weighted by Crippen LogP contribution is 2.17. The Kier molecular flexibility index (Phi) is 2.35. The van der Waals surface area contributed by atoms with Crippen molar-refractivity contribution >= 4 is 5.57 Å². The van der Waals surface area contributed by atoms with Crippen molar-refractivity contribution in [2.24, 2.45) is 0 Å². The molecule has 1 aromatic rings. The fourth-order valence-electron chi connectivity index (χ4n) is 1.34. The normalized spacial score (nSPS) is 14.6. The van der Waals surface area contributed by atoms with Crippen LogP contribution in [0.3, 0.4) is 0 Å². The molecule has 0 N–H and O–H groups in total. The Morgan fingerprint density at radius 1 is 1.00 bits per heavy atom. The van der Waals surface area contributed by atoms with E-state index in [1.165, 1.54) is 11.1 Å². The third kappa shape index (κ3) is 1.93. The standard InChI is InChI=1S/C13H11/c1-2-5-9-12(8-4-1)13-10-6-3-7-11-13/h1-4,6-8,10-11H,5H2/q+1. The summed E-state index contributed by atoms with van der Waals surface area (Å²) in [7, 11) is 0. The van der Waals surface area contributed by atoms with Crippen molar-refractivity contribution in [1.29, 1.82) is 0 Å². The van der Waals surface area contributed by atoms with Gasteiger partial charge in [-0.25, -0.2) is 0 Å². The van der Waals surface area contributed by atoms with Crippen molar-refractivity contribution in [3.05, 3.63) is 66.3 Å². The molecule has 0 heterocycles. The summed E-state index contributed by atoms with van der Waals surface area (Å²) in [5.41, 5.74) is 2.42. The van der Waals surface area contributed by atoms with E-state index >= 15 is 0 Å². The molecule has 0 nitrogen and oxygen atoms in total. The summed E-state index contributed by atoms with van der Waals surface area (Å²) in [4.78, 5) is 0. The summed E-state index contributed by atoms with van der Waals surface area (Å²) in [6.07, 6.45) is 12.6. The van der Waals surface area contributed by atoms with E-state index in [1.54, 1.807) is 0 Å². The van der Waals surface area contributed by atoms with Crippen LogP contribution in [-0.4, -0.2) is 0 Å². The van der Waals surface area contributed by atoms with E-state index in [0.29, 0.717) is 0 Å². The van der Waals surface area contributed by atoms with E-state index in [2.05, 4.69) is 54.6 Å². The molecule has 0 unspecified atom stereocenters. The molecule has 0 saturated carbocycles. The molecule has 0 aromatic heterocycles. The lowest BCUT2D eigenvalue weighted by molar-refractivity contribution is 1.35. The third-order valence-electron chi connectivity index (χ3n) is 2.01. The lowest BCUT2D eigenvalue weighted by atomic mass is 10.1. The Labute approximate surface area is 78.9 Å². The van der Waals surface area contributed by atoms with Crippen LogP contribution in [0.2, 0.25) is 0 Å². The molecule has 1 aliphatic rings. The van der Waals surface area contributed by atoms with Crippen molar-refractivity contribution in [1.82, 2.24) is 0 Å². The van der Waals surface area contributed by atoms with Gasteiger partial charge in [0.05, 0.1) is 18.1 Å². The van der Waals surface area contributed by atoms with Crippen LogP contribution >= 0.6 is 0 Å². The van der Waals surface area contributed by atoms with Crippen molar-refractivity contribution in [2.75, 3.05) is 0 Å². The highest BCUT2D eigenvalue weighted by Gasteiger charge is 2.07. The van der Waals surface area contributed by atoms with Gasteiger partial charge in [0.25, 0.3) is 0 Å². The Morgan fingerprint density at radius 2 is 1.85 bits per heavy atom. The maximum Gasteiger partial charge on any atom is 0.191 e. The highest BCUT2D eigenvalue weighted by atomic mass is 14.0. The van der Waals surface area contributed by atoms with Crippen LogP contribution in [0.5, 0.6) is 0 Å². The molecule has 0 aliphatic heterocycles. The molecular formula is C13H11+. The van der Waals surface area contributed by atoms with E-state index < -0.39 is 0 Å². The largest absolute Gasteiger partial charge is 0.191 e. The molecule has 0 fully saturated rings. The van der Waals surface area contributed by atoms with Crippen molar-refractivity contribution in [3.8, 4) is 0 Å². The van der Waals surface area contributed by atoms with Gasteiger partial charge < -0.3 is 0 Å². The van der Waals surface area contributed by atoms with E-state index in [4.69, 9.17) is 0 Å². The third-order valence-corrected chi connectivity index (χ3v) is 2.01. The maximum absolute atomic E-state index is 3.34. The number of hydrogen-bond acceptors (Lipinski definition) is 0. The summed E-state index contributed by atoms with van der Waals surface area (Å²) in [5, 5.41) is 0. The van der Waals surface area contributed by atoms with Crippen LogP contribution in [0, 0.1) is 6.08 Å². The first kappa shape index (κ1) is 7.97. The van der Waals surface area contributed by atoms with Crippen LogP contribution in [0.25, 0.3) is 5.57 Å². The zero-order chi connectivity index (χ0) is 8.93. The zero-order valence-corrected chi connectivity index (χ0v) is 7.40. The Hall–Kier alpha value is -1.65. The average Bonchev–Trinajstić information content (AvgIpc) is 2.47. The monoisotopic (exact) mass is 167 g/mol. The van der Waals surface area contributed by atoms with E-state index in [0.717, 1.165) is 6.42 Å². The fourth-order valence-corrected chi connectivity index (χ4v) is 1.34. The summed E-state index contributed by atoms with van der Waals surface area (Å²) in [6.45, 7) is 0. The van der Waals surface area contributed by atoms with Crippen LogP contribution in [0.1, 0.15) is 12.0 Å². The summed E-state index contributed by atoms with van der Waals surface area (Å²) in [6, 6.07) is 10.4. The minimum Gasteiger partial charge on any atom is -0.0599 e. The molecule has 2 rings (SSSR count). The van der Waals surface area contributed by atoms with E-state index in [-0.39, 0.29) is 0 Å². The summed E-state index contributed by atoms with van der Waals surface area (Å²) < 4.78 is 0. The van der Waals surface area contributed by atoms with Gasteiger partial charge >= 0.3 is 0 Å². The van der Waals surface area contributed by atoms with Gasteiger partial charge in [-0.15, -0.1) is 0 Å². The Balaban J connectivity index is 2.32. The number of allylic oxidation sites excluding steroid dienone is 6. The van der Waals surface area contributed by atoms with Gasteiger partial charge in [-0.2, -0.15) is 0 Å². The quantitative estimate of drug-likeness (QED) is 0.562. The number of rotatable bonds is 1. The molecular weight excluding hydrogens is 156 g/mol. The summed E-state index contributed by atoms with van der Waals surface area (Å²) >= 11 is 0. The SMILES string of the molecule is [C+]1=C(c2ccccc2)C=CC=CC1. The number of benzene rings is 1. The molecule has 1 aliphatic carbocycles.